The van der Waals surface area contributed by atoms with Crippen LogP contribution >= 0.6 is 11.6 Å². The highest BCUT2D eigenvalue weighted by Crippen LogP contribution is 2.12. The summed E-state index contributed by atoms with van der Waals surface area (Å²) in [6, 6.07) is 6.41. The second-order valence-electron chi connectivity index (χ2n) is 2.73. The van der Waals surface area contributed by atoms with E-state index in [1.165, 1.54) is 6.07 Å². The molecule has 0 unspecified atom stereocenters. The Balaban J connectivity index is 2.23. The Morgan fingerprint density at radius 2 is 2.14 bits per heavy atom. The first-order valence-corrected chi connectivity index (χ1v) is 4.35. The van der Waals surface area contributed by atoms with E-state index in [-0.39, 0.29) is 17.5 Å². The van der Waals surface area contributed by atoms with E-state index < -0.39 is 0 Å². The molecule has 0 saturated heterocycles. The Labute approximate surface area is 84.5 Å². The smallest absolute Gasteiger partial charge is 0.263 e. The maximum atomic E-state index is 13.2. The largest absolute Gasteiger partial charge is 0.338 e. The van der Waals surface area contributed by atoms with Crippen molar-refractivity contribution in [3.8, 4) is 0 Å². The summed E-state index contributed by atoms with van der Waals surface area (Å²) in [6.45, 7) is 0. The highest BCUT2D eigenvalue weighted by atomic mass is 35.5. The van der Waals surface area contributed by atoms with E-state index in [1.54, 1.807) is 18.2 Å². The van der Waals surface area contributed by atoms with Crippen molar-refractivity contribution in [1.82, 2.24) is 10.1 Å². The van der Waals surface area contributed by atoms with Crippen molar-refractivity contribution < 1.29 is 8.91 Å². The van der Waals surface area contributed by atoms with Gasteiger partial charge < -0.3 is 4.52 Å². The van der Waals surface area contributed by atoms with E-state index in [0.29, 0.717) is 11.5 Å². The third-order valence-electron chi connectivity index (χ3n) is 1.74. The van der Waals surface area contributed by atoms with Gasteiger partial charge in [-0.1, -0.05) is 18.2 Å². The topological polar surface area (TPSA) is 38.9 Å². The van der Waals surface area contributed by atoms with Gasteiger partial charge in [0, 0.05) is 0 Å². The van der Waals surface area contributed by atoms with Crippen LogP contribution in [0, 0.1) is 5.82 Å². The molecule has 0 radical (unpaired) electrons. The maximum Gasteiger partial charge on any atom is 0.263 e. The van der Waals surface area contributed by atoms with Crippen LogP contribution in [0.5, 0.6) is 0 Å². The predicted octanol–water partition coefficient (Wildman–Crippen LogP) is 2.45. The Bertz CT molecular complexity index is 444. The number of benzene rings is 1. The molecule has 0 amide bonds. The van der Waals surface area contributed by atoms with Crippen molar-refractivity contribution in [3.05, 3.63) is 46.8 Å². The van der Waals surface area contributed by atoms with Crippen LogP contribution in [0.2, 0.25) is 5.28 Å². The van der Waals surface area contributed by atoms with Gasteiger partial charge in [-0.15, -0.1) is 0 Å². The van der Waals surface area contributed by atoms with Gasteiger partial charge in [-0.25, -0.2) is 4.39 Å². The standard InChI is InChI=1S/C9H6ClFN2O/c10-9-12-8(14-13-9)5-6-3-1-2-4-7(6)11/h1-4H,5H2. The monoisotopic (exact) mass is 212 g/mol. The lowest BCUT2D eigenvalue weighted by molar-refractivity contribution is 0.383. The molecule has 2 aromatic rings. The Kier molecular flexibility index (Phi) is 2.45. The van der Waals surface area contributed by atoms with Gasteiger partial charge in [0.15, 0.2) is 0 Å². The minimum Gasteiger partial charge on any atom is -0.338 e. The number of aromatic nitrogens is 2. The fourth-order valence-corrected chi connectivity index (χ4v) is 1.24. The normalized spacial score (nSPS) is 10.4. The first kappa shape index (κ1) is 9.15. The summed E-state index contributed by atoms with van der Waals surface area (Å²) in [4.78, 5) is 3.77. The number of halogens is 2. The lowest BCUT2D eigenvalue weighted by atomic mass is 10.1. The number of hydrogen-bond acceptors (Lipinski definition) is 3. The van der Waals surface area contributed by atoms with Crippen molar-refractivity contribution in [2.75, 3.05) is 0 Å². The minimum absolute atomic E-state index is 0.0383. The number of nitrogens with zero attached hydrogens (tertiary/aromatic N) is 2. The van der Waals surface area contributed by atoms with Gasteiger partial charge in [-0.2, -0.15) is 4.98 Å². The fourth-order valence-electron chi connectivity index (χ4n) is 1.11. The fraction of sp³-hybridized carbons (Fsp3) is 0.111. The molecule has 72 valence electrons. The van der Waals surface area contributed by atoms with Crippen LogP contribution in [0.3, 0.4) is 0 Å². The summed E-state index contributed by atoms with van der Waals surface area (Å²) < 4.78 is 17.9. The van der Waals surface area contributed by atoms with Gasteiger partial charge in [0.05, 0.1) is 6.42 Å². The van der Waals surface area contributed by atoms with Gasteiger partial charge in [0.2, 0.25) is 5.89 Å². The van der Waals surface area contributed by atoms with Crippen LogP contribution in [0.4, 0.5) is 4.39 Å². The Morgan fingerprint density at radius 1 is 1.36 bits per heavy atom. The van der Waals surface area contributed by atoms with E-state index in [0.717, 1.165) is 0 Å². The molecule has 0 N–H and O–H groups in total. The molecule has 0 fully saturated rings. The molecule has 0 aliphatic rings. The van der Waals surface area contributed by atoms with E-state index >= 15 is 0 Å². The average Bonchev–Trinajstić information content (AvgIpc) is 2.56. The van der Waals surface area contributed by atoms with Crippen LogP contribution in [0.1, 0.15) is 11.5 Å². The van der Waals surface area contributed by atoms with Crippen LogP contribution in [0.25, 0.3) is 0 Å². The van der Waals surface area contributed by atoms with E-state index in [9.17, 15) is 4.39 Å². The number of hydrogen-bond donors (Lipinski definition) is 0. The average molecular weight is 213 g/mol. The molecule has 1 aromatic carbocycles. The lowest BCUT2D eigenvalue weighted by Crippen LogP contribution is -1.91. The molecule has 1 heterocycles. The van der Waals surface area contributed by atoms with E-state index in [1.807, 2.05) is 0 Å². The Hall–Kier alpha value is -1.42. The molecule has 14 heavy (non-hydrogen) atoms. The molecule has 2 rings (SSSR count). The summed E-state index contributed by atoms with van der Waals surface area (Å²) in [7, 11) is 0. The molecule has 3 nitrogen and oxygen atoms in total. The van der Waals surface area contributed by atoms with Gasteiger partial charge in [0.1, 0.15) is 5.82 Å². The van der Waals surface area contributed by atoms with Crippen LogP contribution in [-0.4, -0.2) is 10.1 Å². The van der Waals surface area contributed by atoms with Gasteiger partial charge in [0.25, 0.3) is 5.28 Å². The molecule has 0 saturated carbocycles. The summed E-state index contributed by atoms with van der Waals surface area (Å²) in [5, 5.41) is 3.44. The first-order valence-electron chi connectivity index (χ1n) is 3.97. The van der Waals surface area contributed by atoms with Crippen molar-refractivity contribution in [2.45, 2.75) is 6.42 Å². The lowest BCUT2D eigenvalue weighted by Gasteiger charge is -1.97. The van der Waals surface area contributed by atoms with Crippen LogP contribution in [-0.2, 0) is 6.42 Å². The second kappa shape index (κ2) is 3.75. The molecule has 0 bridgehead atoms. The Morgan fingerprint density at radius 3 is 2.79 bits per heavy atom. The van der Waals surface area contributed by atoms with Crippen molar-refractivity contribution in [1.29, 1.82) is 0 Å². The van der Waals surface area contributed by atoms with Crippen LogP contribution in [0.15, 0.2) is 28.8 Å². The van der Waals surface area contributed by atoms with Crippen molar-refractivity contribution in [3.63, 3.8) is 0 Å². The molecular weight excluding hydrogens is 207 g/mol. The zero-order chi connectivity index (χ0) is 9.97. The van der Waals surface area contributed by atoms with Crippen molar-refractivity contribution in [2.24, 2.45) is 0 Å². The van der Waals surface area contributed by atoms with E-state index in [2.05, 4.69) is 10.1 Å². The summed E-state index contributed by atoms with van der Waals surface area (Å²) in [5.74, 6) is 0.0157. The van der Waals surface area contributed by atoms with Gasteiger partial charge >= 0.3 is 0 Å². The molecule has 0 spiro atoms. The summed E-state index contributed by atoms with van der Waals surface area (Å²) >= 11 is 5.46. The first-order chi connectivity index (χ1) is 6.75. The summed E-state index contributed by atoms with van der Waals surface area (Å²) in [6.07, 6.45) is 0.256. The highest BCUT2D eigenvalue weighted by molar-refractivity contribution is 6.28. The zero-order valence-corrected chi connectivity index (χ0v) is 7.83. The SMILES string of the molecule is Fc1ccccc1Cc1nc(Cl)no1. The van der Waals surface area contributed by atoms with Gasteiger partial charge in [-0.05, 0) is 28.4 Å². The molecule has 5 heteroatoms. The molecule has 0 atom stereocenters. The highest BCUT2D eigenvalue weighted by Gasteiger charge is 2.07. The molecule has 0 aliphatic carbocycles. The van der Waals surface area contributed by atoms with Gasteiger partial charge in [-0.3, -0.25) is 0 Å². The third kappa shape index (κ3) is 1.90. The predicted molar refractivity (Wildman–Crippen MR) is 48.5 cm³/mol. The number of rotatable bonds is 2. The third-order valence-corrected chi connectivity index (χ3v) is 1.90. The van der Waals surface area contributed by atoms with Crippen LogP contribution < -0.4 is 0 Å². The van der Waals surface area contributed by atoms with E-state index in [4.69, 9.17) is 16.1 Å². The summed E-state index contributed by atoms with van der Waals surface area (Å²) in [5.41, 5.74) is 0.507. The maximum absolute atomic E-state index is 13.2. The minimum atomic E-state index is -0.290. The molecular formula is C9H6ClFN2O. The molecule has 0 aliphatic heterocycles. The quantitative estimate of drug-likeness (QED) is 0.768. The van der Waals surface area contributed by atoms with Crippen molar-refractivity contribution >= 4 is 11.6 Å². The zero-order valence-electron chi connectivity index (χ0n) is 7.08. The molecule has 1 aromatic heterocycles. The second-order valence-corrected chi connectivity index (χ2v) is 3.06.